The maximum atomic E-state index is 13.2. The lowest BCUT2D eigenvalue weighted by Crippen LogP contribution is -2.13. The molecule has 34 heavy (non-hydrogen) atoms. The van der Waals surface area contributed by atoms with E-state index in [1.807, 2.05) is 0 Å². The van der Waals surface area contributed by atoms with Crippen molar-refractivity contribution in [2.24, 2.45) is 0 Å². The van der Waals surface area contributed by atoms with Crippen LogP contribution in [-0.2, 0) is 13.2 Å². The monoisotopic (exact) mass is 483 g/mol. The van der Waals surface area contributed by atoms with Gasteiger partial charge in [-0.3, -0.25) is 9.48 Å². The number of anilines is 1. The summed E-state index contributed by atoms with van der Waals surface area (Å²) in [6.07, 6.45) is 1.54. The Kier molecular flexibility index (Phi) is 7.08. The van der Waals surface area contributed by atoms with Gasteiger partial charge in [-0.1, -0.05) is 35.9 Å². The first-order chi connectivity index (χ1) is 16.4. The van der Waals surface area contributed by atoms with Gasteiger partial charge in [0, 0.05) is 11.2 Å². The number of benzene rings is 3. The van der Waals surface area contributed by atoms with E-state index in [1.165, 1.54) is 42.3 Å². The highest BCUT2D eigenvalue weighted by atomic mass is 35.5. The molecule has 0 unspecified atom stereocenters. The van der Waals surface area contributed by atoms with Gasteiger partial charge in [-0.25, -0.2) is 8.78 Å². The van der Waals surface area contributed by atoms with E-state index in [0.29, 0.717) is 28.6 Å². The van der Waals surface area contributed by atoms with Crippen molar-refractivity contribution in [1.29, 1.82) is 0 Å². The summed E-state index contributed by atoms with van der Waals surface area (Å²) in [7, 11) is 1.48. The number of nitrogens with zero attached hydrogens (tertiary/aromatic N) is 2. The standard InChI is InChI=1S/C25H20ClF2N3O3/c1-33-23-11-6-18(26)12-22(23)29-24(32)21-14-31(13-16-2-7-19(27)8-3-16)30-25(21)34-15-17-4-9-20(28)10-5-17/h2-12,14H,13,15H2,1H3,(H,29,32). The minimum atomic E-state index is -0.486. The Balaban J connectivity index is 1.60. The summed E-state index contributed by atoms with van der Waals surface area (Å²) >= 11 is 6.07. The lowest BCUT2D eigenvalue weighted by Gasteiger charge is -2.11. The summed E-state index contributed by atoms with van der Waals surface area (Å²) < 4.78 is 39.1. The molecule has 0 spiro atoms. The van der Waals surface area contributed by atoms with Gasteiger partial charge in [0.2, 0.25) is 5.88 Å². The van der Waals surface area contributed by atoms with E-state index in [4.69, 9.17) is 21.1 Å². The number of nitrogens with one attached hydrogen (secondary N) is 1. The molecule has 0 saturated heterocycles. The van der Waals surface area contributed by atoms with Gasteiger partial charge in [0.25, 0.3) is 5.91 Å². The smallest absolute Gasteiger partial charge is 0.262 e. The molecule has 1 N–H and O–H groups in total. The third-order valence-electron chi connectivity index (χ3n) is 4.93. The van der Waals surface area contributed by atoms with E-state index in [0.717, 1.165) is 5.56 Å². The molecule has 3 aromatic carbocycles. The van der Waals surface area contributed by atoms with Crippen LogP contribution in [0.5, 0.6) is 11.6 Å². The molecule has 4 rings (SSSR count). The van der Waals surface area contributed by atoms with E-state index in [-0.39, 0.29) is 29.7 Å². The predicted molar refractivity (Wildman–Crippen MR) is 124 cm³/mol. The molecule has 0 aliphatic heterocycles. The zero-order valence-electron chi connectivity index (χ0n) is 18.1. The third kappa shape index (κ3) is 5.71. The first-order valence-corrected chi connectivity index (χ1v) is 10.6. The van der Waals surface area contributed by atoms with Crippen LogP contribution in [-0.4, -0.2) is 22.8 Å². The maximum Gasteiger partial charge on any atom is 0.262 e. The molecule has 1 aromatic heterocycles. The van der Waals surface area contributed by atoms with Gasteiger partial charge in [-0.15, -0.1) is 5.10 Å². The van der Waals surface area contributed by atoms with Gasteiger partial charge >= 0.3 is 0 Å². The number of carbonyl (C=O) groups excluding carboxylic acids is 1. The number of amides is 1. The Hall–Kier alpha value is -3.91. The zero-order chi connectivity index (χ0) is 24.1. The average molecular weight is 484 g/mol. The highest BCUT2D eigenvalue weighted by Crippen LogP contribution is 2.29. The Morgan fingerprint density at radius 3 is 2.29 bits per heavy atom. The van der Waals surface area contributed by atoms with Crippen molar-refractivity contribution in [3.05, 3.63) is 106 Å². The summed E-state index contributed by atoms with van der Waals surface area (Å²) in [6.45, 7) is 0.371. The van der Waals surface area contributed by atoms with Crippen molar-refractivity contribution in [3.63, 3.8) is 0 Å². The molecule has 0 radical (unpaired) electrons. The van der Waals surface area contributed by atoms with E-state index in [2.05, 4.69) is 10.4 Å². The maximum absolute atomic E-state index is 13.2. The van der Waals surface area contributed by atoms with Crippen LogP contribution >= 0.6 is 11.6 Å². The number of rotatable bonds is 8. The van der Waals surface area contributed by atoms with Crippen molar-refractivity contribution < 1.29 is 23.0 Å². The quantitative estimate of drug-likeness (QED) is 0.349. The van der Waals surface area contributed by atoms with E-state index in [9.17, 15) is 13.6 Å². The molecular formula is C25H20ClF2N3O3. The van der Waals surface area contributed by atoms with Crippen molar-refractivity contribution in [2.75, 3.05) is 12.4 Å². The van der Waals surface area contributed by atoms with Gasteiger partial charge in [-0.05, 0) is 53.6 Å². The molecule has 0 bridgehead atoms. The lowest BCUT2D eigenvalue weighted by atomic mass is 10.2. The van der Waals surface area contributed by atoms with Crippen LogP contribution < -0.4 is 14.8 Å². The van der Waals surface area contributed by atoms with Crippen molar-refractivity contribution in [3.8, 4) is 11.6 Å². The first kappa shape index (κ1) is 23.3. The van der Waals surface area contributed by atoms with Gasteiger partial charge in [0.15, 0.2) is 0 Å². The molecule has 9 heteroatoms. The zero-order valence-corrected chi connectivity index (χ0v) is 18.9. The van der Waals surface area contributed by atoms with E-state index in [1.54, 1.807) is 42.5 Å². The molecule has 4 aromatic rings. The predicted octanol–water partition coefficient (Wildman–Crippen LogP) is 5.70. The van der Waals surface area contributed by atoms with Crippen LogP contribution in [0.3, 0.4) is 0 Å². The summed E-state index contributed by atoms with van der Waals surface area (Å²) in [5.41, 5.74) is 2.05. The van der Waals surface area contributed by atoms with Crippen LogP contribution in [0.15, 0.2) is 72.9 Å². The van der Waals surface area contributed by atoms with Gasteiger partial charge in [0.05, 0.1) is 19.3 Å². The highest BCUT2D eigenvalue weighted by Gasteiger charge is 2.20. The minimum absolute atomic E-state index is 0.0780. The summed E-state index contributed by atoms with van der Waals surface area (Å²) in [5, 5.41) is 7.59. The average Bonchev–Trinajstić information content (AvgIpc) is 3.23. The third-order valence-corrected chi connectivity index (χ3v) is 5.16. The van der Waals surface area contributed by atoms with Crippen LogP contribution in [0.1, 0.15) is 21.5 Å². The fraction of sp³-hybridized carbons (Fsp3) is 0.120. The Morgan fingerprint density at radius 2 is 1.65 bits per heavy atom. The number of hydrogen-bond donors (Lipinski definition) is 1. The Bertz CT molecular complexity index is 1290. The molecule has 174 valence electrons. The first-order valence-electron chi connectivity index (χ1n) is 10.3. The molecular weight excluding hydrogens is 464 g/mol. The number of halogens is 3. The highest BCUT2D eigenvalue weighted by molar-refractivity contribution is 6.31. The summed E-state index contributed by atoms with van der Waals surface area (Å²) in [5.74, 6) is -0.666. The van der Waals surface area contributed by atoms with Gasteiger partial charge in [-0.2, -0.15) is 0 Å². The Labute approximate surface area is 199 Å². The second kappa shape index (κ2) is 10.4. The molecule has 0 aliphatic rings. The van der Waals surface area contributed by atoms with E-state index >= 15 is 0 Å². The van der Waals surface area contributed by atoms with Crippen molar-refractivity contribution in [2.45, 2.75) is 13.2 Å². The minimum Gasteiger partial charge on any atom is -0.495 e. The molecule has 1 heterocycles. The van der Waals surface area contributed by atoms with Crippen LogP contribution in [0.4, 0.5) is 14.5 Å². The number of aromatic nitrogens is 2. The van der Waals surface area contributed by atoms with Crippen LogP contribution in [0.25, 0.3) is 0 Å². The number of methoxy groups -OCH3 is 1. The summed E-state index contributed by atoms with van der Waals surface area (Å²) in [6, 6.07) is 16.6. The second-order valence-electron chi connectivity index (χ2n) is 7.39. The SMILES string of the molecule is COc1ccc(Cl)cc1NC(=O)c1cn(Cc2ccc(F)cc2)nc1OCc1ccc(F)cc1. The number of ether oxygens (including phenoxy) is 2. The molecule has 0 saturated carbocycles. The largest absolute Gasteiger partial charge is 0.495 e. The number of carbonyl (C=O) groups is 1. The molecule has 0 fully saturated rings. The molecule has 6 nitrogen and oxygen atoms in total. The Morgan fingerprint density at radius 1 is 1.00 bits per heavy atom. The molecule has 1 amide bonds. The summed E-state index contributed by atoms with van der Waals surface area (Å²) in [4.78, 5) is 13.1. The van der Waals surface area contributed by atoms with E-state index < -0.39 is 5.91 Å². The van der Waals surface area contributed by atoms with Crippen LogP contribution in [0, 0.1) is 11.6 Å². The number of hydrogen-bond acceptors (Lipinski definition) is 4. The second-order valence-corrected chi connectivity index (χ2v) is 7.82. The fourth-order valence-corrected chi connectivity index (χ4v) is 3.40. The normalized spacial score (nSPS) is 10.7. The van der Waals surface area contributed by atoms with Gasteiger partial charge in [0.1, 0.15) is 29.6 Å². The fourth-order valence-electron chi connectivity index (χ4n) is 3.22. The molecule has 0 aliphatic carbocycles. The topological polar surface area (TPSA) is 65.4 Å². The van der Waals surface area contributed by atoms with Crippen LogP contribution in [0.2, 0.25) is 5.02 Å². The lowest BCUT2D eigenvalue weighted by molar-refractivity contribution is 0.102. The van der Waals surface area contributed by atoms with Crippen molar-refractivity contribution in [1.82, 2.24) is 9.78 Å². The molecule has 0 atom stereocenters. The van der Waals surface area contributed by atoms with Gasteiger partial charge < -0.3 is 14.8 Å². The van der Waals surface area contributed by atoms with Crippen molar-refractivity contribution >= 4 is 23.2 Å².